The molecule has 1 fully saturated rings. The standard InChI is InChI=1S/C18H14Cl2N2O3S/c1-24-14-3-2-4-15-16(14)21-18(26-15)22-8-11(9-22)25-17(23)12-6-5-10(19)7-13(12)20/h2-7,11H,8-9H2,1H3. The molecule has 1 aliphatic heterocycles. The van der Waals surface area contributed by atoms with Gasteiger partial charge in [-0.05, 0) is 30.3 Å². The molecule has 4 rings (SSSR count). The highest BCUT2D eigenvalue weighted by atomic mass is 35.5. The Balaban J connectivity index is 1.42. The molecule has 1 aliphatic rings. The monoisotopic (exact) mass is 408 g/mol. The van der Waals surface area contributed by atoms with E-state index in [1.807, 2.05) is 18.2 Å². The van der Waals surface area contributed by atoms with Crippen LogP contribution in [0.25, 0.3) is 10.2 Å². The molecule has 0 aliphatic carbocycles. The van der Waals surface area contributed by atoms with E-state index in [-0.39, 0.29) is 11.1 Å². The van der Waals surface area contributed by atoms with Crippen LogP contribution in [0.3, 0.4) is 0 Å². The van der Waals surface area contributed by atoms with E-state index in [0.717, 1.165) is 21.1 Å². The molecule has 0 saturated carbocycles. The molecule has 8 heteroatoms. The van der Waals surface area contributed by atoms with E-state index >= 15 is 0 Å². The zero-order valence-electron chi connectivity index (χ0n) is 13.7. The van der Waals surface area contributed by atoms with Gasteiger partial charge in [0.25, 0.3) is 0 Å². The van der Waals surface area contributed by atoms with Gasteiger partial charge in [-0.15, -0.1) is 0 Å². The maximum atomic E-state index is 12.2. The van der Waals surface area contributed by atoms with Gasteiger partial charge in [0.2, 0.25) is 0 Å². The quantitative estimate of drug-likeness (QED) is 0.587. The minimum atomic E-state index is -0.442. The number of esters is 1. The number of carbonyl (C=O) groups is 1. The van der Waals surface area contributed by atoms with E-state index in [0.29, 0.717) is 23.7 Å². The maximum Gasteiger partial charge on any atom is 0.340 e. The van der Waals surface area contributed by atoms with Crippen LogP contribution in [0.4, 0.5) is 5.13 Å². The van der Waals surface area contributed by atoms with Crippen molar-refractivity contribution in [2.45, 2.75) is 6.10 Å². The van der Waals surface area contributed by atoms with E-state index in [4.69, 9.17) is 32.7 Å². The molecule has 0 bridgehead atoms. The third kappa shape index (κ3) is 3.20. The Hall–Kier alpha value is -2.02. The molecule has 0 amide bonds. The molecule has 0 radical (unpaired) electrons. The molecule has 26 heavy (non-hydrogen) atoms. The smallest absolute Gasteiger partial charge is 0.340 e. The topological polar surface area (TPSA) is 51.7 Å². The van der Waals surface area contributed by atoms with Crippen LogP contribution in [-0.2, 0) is 4.74 Å². The van der Waals surface area contributed by atoms with Crippen LogP contribution < -0.4 is 9.64 Å². The Labute approximate surface area is 164 Å². The first kappa shape index (κ1) is 17.4. The summed E-state index contributed by atoms with van der Waals surface area (Å²) in [4.78, 5) is 19.0. The third-order valence-corrected chi connectivity index (χ3v) is 5.76. The van der Waals surface area contributed by atoms with Gasteiger partial charge in [-0.3, -0.25) is 0 Å². The van der Waals surface area contributed by atoms with Gasteiger partial charge in [0.15, 0.2) is 5.13 Å². The van der Waals surface area contributed by atoms with Crippen molar-refractivity contribution in [2.24, 2.45) is 0 Å². The summed E-state index contributed by atoms with van der Waals surface area (Å²) in [6, 6.07) is 10.6. The second-order valence-electron chi connectivity index (χ2n) is 5.86. The van der Waals surface area contributed by atoms with Crippen LogP contribution in [0.2, 0.25) is 10.0 Å². The molecule has 0 atom stereocenters. The van der Waals surface area contributed by atoms with Crippen molar-refractivity contribution in [1.29, 1.82) is 0 Å². The summed E-state index contributed by atoms with van der Waals surface area (Å²) in [6.07, 6.45) is -0.192. The van der Waals surface area contributed by atoms with Crippen LogP contribution in [0.1, 0.15) is 10.4 Å². The number of hydrogen-bond donors (Lipinski definition) is 0. The highest BCUT2D eigenvalue weighted by molar-refractivity contribution is 7.22. The highest BCUT2D eigenvalue weighted by Crippen LogP contribution is 2.36. The van der Waals surface area contributed by atoms with Gasteiger partial charge >= 0.3 is 5.97 Å². The first-order chi connectivity index (χ1) is 12.5. The van der Waals surface area contributed by atoms with Gasteiger partial charge in [0.05, 0.1) is 35.5 Å². The van der Waals surface area contributed by atoms with Gasteiger partial charge in [-0.1, -0.05) is 40.6 Å². The van der Waals surface area contributed by atoms with E-state index in [9.17, 15) is 4.79 Å². The molecule has 2 heterocycles. The number of thiazole rings is 1. The number of ether oxygens (including phenoxy) is 2. The van der Waals surface area contributed by atoms with E-state index < -0.39 is 5.97 Å². The largest absolute Gasteiger partial charge is 0.494 e. The molecule has 1 aromatic heterocycles. The van der Waals surface area contributed by atoms with Crippen molar-refractivity contribution in [3.05, 3.63) is 52.0 Å². The number of nitrogens with zero attached hydrogens (tertiary/aromatic N) is 2. The van der Waals surface area contributed by atoms with Crippen molar-refractivity contribution < 1.29 is 14.3 Å². The molecular formula is C18H14Cl2N2O3S. The minimum absolute atomic E-state index is 0.192. The summed E-state index contributed by atoms with van der Waals surface area (Å²) in [5.41, 5.74) is 1.17. The van der Waals surface area contributed by atoms with Crippen LogP contribution in [0.15, 0.2) is 36.4 Å². The lowest BCUT2D eigenvalue weighted by molar-refractivity contribution is 0.0234. The Morgan fingerprint density at radius 3 is 2.81 bits per heavy atom. The second kappa shape index (κ2) is 6.95. The Morgan fingerprint density at radius 2 is 2.08 bits per heavy atom. The van der Waals surface area contributed by atoms with Crippen molar-refractivity contribution in [3.8, 4) is 5.75 Å². The fourth-order valence-electron chi connectivity index (χ4n) is 2.75. The first-order valence-electron chi connectivity index (χ1n) is 7.89. The van der Waals surface area contributed by atoms with Gasteiger partial charge in [-0.25, -0.2) is 9.78 Å². The molecule has 1 saturated heterocycles. The van der Waals surface area contributed by atoms with Gasteiger partial charge < -0.3 is 14.4 Å². The predicted molar refractivity (Wildman–Crippen MR) is 104 cm³/mol. The summed E-state index contributed by atoms with van der Waals surface area (Å²) in [6.45, 7) is 1.19. The van der Waals surface area contributed by atoms with Crippen LogP contribution in [0.5, 0.6) is 5.75 Å². The zero-order valence-corrected chi connectivity index (χ0v) is 16.1. The molecule has 3 aromatic rings. The van der Waals surface area contributed by atoms with Gasteiger partial charge in [0, 0.05) is 5.02 Å². The Kier molecular flexibility index (Phi) is 4.65. The Morgan fingerprint density at radius 1 is 1.27 bits per heavy atom. The molecule has 0 unspecified atom stereocenters. The summed E-state index contributed by atoms with van der Waals surface area (Å²) in [5.74, 6) is 0.313. The fourth-order valence-corrected chi connectivity index (χ4v) is 4.24. The number of halogens is 2. The van der Waals surface area contributed by atoms with E-state index in [1.54, 1.807) is 30.6 Å². The van der Waals surface area contributed by atoms with Crippen molar-refractivity contribution >= 4 is 55.9 Å². The number of methoxy groups -OCH3 is 1. The number of rotatable bonds is 4. The summed E-state index contributed by atoms with van der Waals surface area (Å²) < 4.78 is 11.9. The molecule has 0 spiro atoms. The van der Waals surface area contributed by atoms with Crippen molar-refractivity contribution in [1.82, 2.24) is 4.98 Å². The summed E-state index contributed by atoms with van der Waals surface area (Å²) >= 11 is 13.5. The molecule has 134 valence electrons. The molecule has 0 N–H and O–H groups in total. The second-order valence-corrected chi connectivity index (χ2v) is 7.71. The third-order valence-electron chi connectivity index (χ3n) is 4.13. The molecule has 5 nitrogen and oxygen atoms in total. The van der Waals surface area contributed by atoms with Crippen LogP contribution in [0, 0.1) is 0 Å². The number of carbonyl (C=O) groups excluding carboxylic acids is 1. The number of hydrogen-bond acceptors (Lipinski definition) is 6. The van der Waals surface area contributed by atoms with Gasteiger partial charge in [-0.2, -0.15) is 0 Å². The normalized spacial score (nSPS) is 14.3. The van der Waals surface area contributed by atoms with Crippen molar-refractivity contribution in [2.75, 3.05) is 25.1 Å². The SMILES string of the molecule is COc1cccc2sc(N3CC(OC(=O)c4ccc(Cl)cc4Cl)C3)nc12. The average molecular weight is 409 g/mol. The average Bonchev–Trinajstić information content (AvgIpc) is 3.00. The predicted octanol–water partition coefficient (Wildman–Crippen LogP) is 4.66. The summed E-state index contributed by atoms with van der Waals surface area (Å²) in [7, 11) is 1.63. The van der Waals surface area contributed by atoms with E-state index in [1.165, 1.54) is 6.07 Å². The molecule has 2 aromatic carbocycles. The first-order valence-corrected chi connectivity index (χ1v) is 9.47. The number of aromatic nitrogens is 1. The number of anilines is 1. The summed E-state index contributed by atoms with van der Waals surface area (Å²) in [5, 5.41) is 1.66. The highest BCUT2D eigenvalue weighted by Gasteiger charge is 2.33. The van der Waals surface area contributed by atoms with Gasteiger partial charge in [0.1, 0.15) is 17.4 Å². The number of para-hydroxylation sites is 1. The lowest BCUT2D eigenvalue weighted by Gasteiger charge is -2.38. The lowest BCUT2D eigenvalue weighted by atomic mass is 10.2. The Bertz CT molecular complexity index is 986. The van der Waals surface area contributed by atoms with Crippen LogP contribution >= 0.6 is 34.5 Å². The maximum absolute atomic E-state index is 12.2. The lowest BCUT2D eigenvalue weighted by Crippen LogP contribution is -2.53. The van der Waals surface area contributed by atoms with E-state index in [2.05, 4.69) is 9.88 Å². The zero-order chi connectivity index (χ0) is 18.3. The molecular weight excluding hydrogens is 395 g/mol. The number of fused-ring (bicyclic) bond motifs is 1. The minimum Gasteiger partial charge on any atom is -0.494 e. The van der Waals surface area contributed by atoms with Crippen molar-refractivity contribution in [3.63, 3.8) is 0 Å². The van der Waals surface area contributed by atoms with Crippen LogP contribution in [-0.4, -0.2) is 37.3 Å². The number of benzene rings is 2. The fraction of sp³-hybridized carbons (Fsp3) is 0.222.